The van der Waals surface area contributed by atoms with E-state index in [9.17, 15) is 0 Å². The normalized spacial score (nSPS) is 20.1. The molecule has 2 heteroatoms. The van der Waals surface area contributed by atoms with Gasteiger partial charge in [0.05, 0.1) is 0 Å². The molecule has 0 saturated heterocycles. The van der Waals surface area contributed by atoms with Crippen molar-refractivity contribution >= 4 is 0 Å². The van der Waals surface area contributed by atoms with Gasteiger partial charge in [0.15, 0.2) is 0 Å². The Hall–Kier alpha value is -0.0800. The van der Waals surface area contributed by atoms with Gasteiger partial charge in [-0.05, 0) is 38.8 Å². The summed E-state index contributed by atoms with van der Waals surface area (Å²) in [5.41, 5.74) is 0. The molecular formula is C12H26N2. The van der Waals surface area contributed by atoms with Crippen molar-refractivity contribution in [3.05, 3.63) is 0 Å². The van der Waals surface area contributed by atoms with Crippen LogP contribution in [0.2, 0.25) is 0 Å². The van der Waals surface area contributed by atoms with Crippen LogP contribution in [0.3, 0.4) is 0 Å². The molecule has 1 atom stereocenters. The third-order valence-electron chi connectivity index (χ3n) is 3.52. The maximum atomic E-state index is 3.30. The summed E-state index contributed by atoms with van der Waals surface area (Å²) in [7, 11) is 4.33. The van der Waals surface area contributed by atoms with E-state index in [2.05, 4.69) is 31.1 Å². The topological polar surface area (TPSA) is 15.3 Å². The van der Waals surface area contributed by atoms with E-state index in [0.717, 1.165) is 18.4 Å². The molecule has 1 rings (SSSR count). The summed E-state index contributed by atoms with van der Waals surface area (Å²) < 4.78 is 0. The van der Waals surface area contributed by atoms with Crippen molar-refractivity contribution in [3.8, 4) is 0 Å². The molecule has 1 aliphatic carbocycles. The standard InChI is InChI=1S/C12H26N2/c1-10(2)12(8-13-3)14(4)9-11-6-5-7-11/h10-13H,5-9H2,1-4H3. The molecule has 0 aromatic rings. The molecule has 0 amide bonds. The molecule has 1 saturated carbocycles. The molecule has 0 aromatic heterocycles. The molecule has 0 radical (unpaired) electrons. The summed E-state index contributed by atoms with van der Waals surface area (Å²) in [5.74, 6) is 1.73. The number of likely N-dealkylation sites (N-methyl/N-ethyl adjacent to an activating group) is 2. The van der Waals surface area contributed by atoms with Crippen LogP contribution < -0.4 is 5.32 Å². The molecule has 14 heavy (non-hydrogen) atoms. The van der Waals surface area contributed by atoms with Crippen LogP contribution >= 0.6 is 0 Å². The molecule has 0 spiro atoms. The number of hydrogen-bond donors (Lipinski definition) is 1. The highest BCUT2D eigenvalue weighted by atomic mass is 15.2. The van der Waals surface area contributed by atoms with E-state index in [0.29, 0.717) is 6.04 Å². The maximum Gasteiger partial charge on any atom is 0.0240 e. The van der Waals surface area contributed by atoms with E-state index >= 15 is 0 Å². The highest BCUT2D eigenvalue weighted by Gasteiger charge is 2.24. The van der Waals surface area contributed by atoms with Crippen molar-refractivity contribution in [2.45, 2.75) is 39.2 Å². The van der Waals surface area contributed by atoms with Crippen LogP contribution in [0.5, 0.6) is 0 Å². The largest absolute Gasteiger partial charge is 0.318 e. The number of hydrogen-bond acceptors (Lipinski definition) is 2. The van der Waals surface area contributed by atoms with Gasteiger partial charge in [0, 0.05) is 19.1 Å². The Morgan fingerprint density at radius 2 is 2.00 bits per heavy atom. The Labute approximate surface area is 89.1 Å². The lowest BCUT2D eigenvalue weighted by molar-refractivity contribution is 0.133. The Morgan fingerprint density at radius 3 is 2.36 bits per heavy atom. The van der Waals surface area contributed by atoms with Gasteiger partial charge in [0.1, 0.15) is 0 Å². The van der Waals surface area contributed by atoms with Gasteiger partial charge in [0.25, 0.3) is 0 Å². The van der Waals surface area contributed by atoms with Gasteiger partial charge in [0.2, 0.25) is 0 Å². The zero-order valence-electron chi connectivity index (χ0n) is 10.2. The van der Waals surface area contributed by atoms with Crippen LogP contribution in [0.1, 0.15) is 33.1 Å². The number of nitrogens with zero attached hydrogens (tertiary/aromatic N) is 1. The summed E-state index contributed by atoms with van der Waals surface area (Å²) in [6.07, 6.45) is 4.36. The van der Waals surface area contributed by atoms with Crippen LogP contribution in [0, 0.1) is 11.8 Å². The van der Waals surface area contributed by atoms with Crippen LogP contribution in [0.25, 0.3) is 0 Å². The Kier molecular flexibility index (Phi) is 4.90. The fourth-order valence-corrected chi connectivity index (χ4v) is 2.33. The Bertz CT molecular complexity index is 152. The zero-order valence-corrected chi connectivity index (χ0v) is 10.2. The quantitative estimate of drug-likeness (QED) is 0.702. The smallest absolute Gasteiger partial charge is 0.0240 e. The van der Waals surface area contributed by atoms with Crippen molar-refractivity contribution in [1.82, 2.24) is 10.2 Å². The molecule has 1 aliphatic rings. The van der Waals surface area contributed by atoms with Crippen molar-refractivity contribution in [2.24, 2.45) is 11.8 Å². The number of nitrogens with one attached hydrogen (secondary N) is 1. The van der Waals surface area contributed by atoms with E-state index in [1.807, 2.05) is 7.05 Å². The maximum absolute atomic E-state index is 3.30. The summed E-state index contributed by atoms with van der Waals surface area (Å²) in [5, 5.41) is 3.30. The van der Waals surface area contributed by atoms with E-state index < -0.39 is 0 Å². The molecule has 1 N–H and O–H groups in total. The van der Waals surface area contributed by atoms with Crippen LogP contribution in [-0.2, 0) is 0 Å². The first-order valence-electron chi connectivity index (χ1n) is 6.00. The highest BCUT2D eigenvalue weighted by molar-refractivity contribution is 4.79. The van der Waals surface area contributed by atoms with Crippen molar-refractivity contribution in [1.29, 1.82) is 0 Å². The van der Waals surface area contributed by atoms with Gasteiger partial charge in [-0.25, -0.2) is 0 Å². The lowest BCUT2D eigenvalue weighted by atomic mass is 9.84. The monoisotopic (exact) mass is 198 g/mol. The van der Waals surface area contributed by atoms with Crippen LogP contribution in [-0.4, -0.2) is 38.1 Å². The van der Waals surface area contributed by atoms with Gasteiger partial charge in [-0.2, -0.15) is 0 Å². The summed E-state index contributed by atoms with van der Waals surface area (Å²) in [6, 6.07) is 0.695. The molecule has 84 valence electrons. The third kappa shape index (κ3) is 3.25. The predicted molar refractivity (Wildman–Crippen MR) is 62.5 cm³/mol. The molecule has 1 fully saturated rings. The molecule has 0 aromatic carbocycles. The first-order chi connectivity index (χ1) is 6.65. The zero-order chi connectivity index (χ0) is 10.6. The van der Waals surface area contributed by atoms with Crippen LogP contribution in [0.4, 0.5) is 0 Å². The fraction of sp³-hybridized carbons (Fsp3) is 1.00. The summed E-state index contributed by atoms with van der Waals surface area (Å²) in [6.45, 7) is 7.05. The Morgan fingerprint density at radius 1 is 1.36 bits per heavy atom. The molecule has 0 aliphatic heterocycles. The predicted octanol–water partition coefficient (Wildman–Crippen LogP) is 1.96. The molecular weight excluding hydrogens is 172 g/mol. The second kappa shape index (κ2) is 5.72. The number of rotatable bonds is 6. The van der Waals surface area contributed by atoms with E-state index in [4.69, 9.17) is 0 Å². The third-order valence-corrected chi connectivity index (χ3v) is 3.52. The fourth-order valence-electron chi connectivity index (χ4n) is 2.33. The van der Waals surface area contributed by atoms with Gasteiger partial charge >= 0.3 is 0 Å². The minimum atomic E-state index is 0.695. The highest BCUT2D eigenvalue weighted by Crippen LogP contribution is 2.27. The first kappa shape index (κ1) is 12.0. The van der Waals surface area contributed by atoms with Crippen molar-refractivity contribution in [3.63, 3.8) is 0 Å². The van der Waals surface area contributed by atoms with E-state index in [1.54, 1.807) is 0 Å². The lowest BCUT2D eigenvalue weighted by Crippen LogP contribution is -2.45. The first-order valence-corrected chi connectivity index (χ1v) is 6.00. The van der Waals surface area contributed by atoms with E-state index in [1.165, 1.54) is 25.8 Å². The molecule has 0 heterocycles. The molecule has 1 unspecified atom stereocenters. The van der Waals surface area contributed by atoms with Gasteiger partial charge in [-0.3, -0.25) is 0 Å². The summed E-state index contributed by atoms with van der Waals surface area (Å²) >= 11 is 0. The second-order valence-corrected chi connectivity index (χ2v) is 5.11. The average molecular weight is 198 g/mol. The average Bonchev–Trinajstić information content (AvgIpc) is 2.06. The minimum absolute atomic E-state index is 0.695. The molecule has 2 nitrogen and oxygen atoms in total. The van der Waals surface area contributed by atoms with E-state index in [-0.39, 0.29) is 0 Å². The van der Waals surface area contributed by atoms with Gasteiger partial charge < -0.3 is 10.2 Å². The van der Waals surface area contributed by atoms with Crippen molar-refractivity contribution < 1.29 is 0 Å². The second-order valence-electron chi connectivity index (χ2n) is 5.11. The minimum Gasteiger partial charge on any atom is -0.318 e. The summed E-state index contributed by atoms with van der Waals surface area (Å²) in [4.78, 5) is 2.55. The van der Waals surface area contributed by atoms with Gasteiger partial charge in [-0.1, -0.05) is 20.3 Å². The lowest BCUT2D eigenvalue weighted by Gasteiger charge is -2.36. The van der Waals surface area contributed by atoms with Gasteiger partial charge in [-0.15, -0.1) is 0 Å². The SMILES string of the molecule is CNCC(C(C)C)N(C)CC1CCC1. The Balaban J connectivity index is 2.32. The molecule has 0 bridgehead atoms. The van der Waals surface area contributed by atoms with Crippen molar-refractivity contribution in [2.75, 3.05) is 27.2 Å². The van der Waals surface area contributed by atoms with Crippen LogP contribution in [0.15, 0.2) is 0 Å².